The van der Waals surface area contributed by atoms with E-state index in [9.17, 15) is 9.59 Å². The lowest BCUT2D eigenvalue weighted by Crippen LogP contribution is -2.24. The molecule has 0 fully saturated rings. The van der Waals surface area contributed by atoms with Gasteiger partial charge in [-0.2, -0.15) is 0 Å². The molecule has 0 unspecified atom stereocenters. The fourth-order valence-corrected chi connectivity index (χ4v) is 4.78. The molecular formula is C29H25NO2S. The SMILES string of the molecule is CCN(/C=C(\C(=O)C1=C=C=CC=C1)C(=O)C1=CC=CCC1)c1ccc2ccccc2c1SC. The first kappa shape index (κ1) is 22.6. The number of ketones is 2. The molecule has 0 saturated carbocycles. The van der Waals surface area contributed by atoms with Crippen LogP contribution in [0, 0.1) is 0 Å². The van der Waals surface area contributed by atoms with Gasteiger partial charge in [0.2, 0.25) is 5.78 Å². The summed E-state index contributed by atoms with van der Waals surface area (Å²) in [5.74, 6) is -0.566. The average Bonchev–Trinajstić information content (AvgIpc) is 2.89. The van der Waals surface area contributed by atoms with Gasteiger partial charge in [-0.05, 0) is 55.0 Å². The summed E-state index contributed by atoms with van der Waals surface area (Å²) < 4.78 is 0. The van der Waals surface area contributed by atoms with Crippen molar-refractivity contribution in [2.45, 2.75) is 24.7 Å². The Bertz CT molecular complexity index is 1340. The highest BCUT2D eigenvalue weighted by Gasteiger charge is 2.26. The molecule has 0 aliphatic heterocycles. The van der Waals surface area contributed by atoms with Crippen LogP contribution >= 0.6 is 11.8 Å². The predicted molar refractivity (Wildman–Crippen MR) is 138 cm³/mol. The third kappa shape index (κ3) is 4.79. The second kappa shape index (κ2) is 10.4. The summed E-state index contributed by atoms with van der Waals surface area (Å²) in [5, 5.41) is 2.31. The molecule has 2 aromatic rings. The highest BCUT2D eigenvalue weighted by molar-refractivity contribution is 7.99. The maximum atomic E-state index is 13.5. The summed E-state index contributed by atoms with van der Waals surface area (Å²) in [6.07, 6.45) is 16.0. The number of nitrogens with zero attached hydrogens (tertiary/aromatic N) is 1. The minimum Gasteiger partial charge on any atom is -0.346 e. The van der Waals surface area contributed by atoms with E-state index in [1.807, 2.05) is 48.4 Å². The first-order valence-electron chi connectivity index (χ1n) is 11.0. The first-order valence-corrected chi connectivity index (χ1v) is 12.2. The van der Waals surface area contributed by atoms with Crippen LogP contribution in [0.5, 0.6) is 0 Å². The molecular weight excluding hydrogens is 426 g/mol. The van der Waals surface area contributed by atoms with E-state index in [1.165, 1.54) is 0 Å². The fraction of sp³-hybridized carbons (Fsp3) is 0.172. The van der Waals surface area contributed by atoms with E-state index >= 15 is 0 Å². The summed E-state index contributed by atoms with van der Waals surface area (Å²) in [4.78, 5) is 30.1. The van der Waals surface area contributed by atoms with Crippen LogP contribution in [0.25, 0.3) is 10.8 Å². The lowest BCUT2D eigenvalue weighted by atomic mass is 9.91. The normalized spacial score (nSPS) is 14.9. The molecule has 0 heterocycles. The van der Waals surface area contributed by atoms with Crippen LogP contribution in [0.3, 0.4) is 0 Å². The Morgan fingerprint density at radius 2 is 1.97 bits per heavy atom. The minimum atomic E-state index is -0.336. The fourth-order valence-electron chi connectivity index (χ4n) is 3.98. The van der Waals surface area contributed by atoms with Crippen molar-refractivity contribution in [3.8, 4) is 0 Å². The van der Waals surface area contributed by atoms with Crippen LogP contribution in [0.1, 0.15) is 19.8 Å². The number of anilines is 1. The molecule has 0 N–H and O–H groups in total. The molecule has 2 aromatic carbocycles. The summed E-state index contributed by atoms with van der Waals surface area (Å²) in [5.41, 5.74) is 7.80. The molecule has 4 rings (SSSR count). The van der Waals surface area contributed by atoms with E-state index in [-0.39, 0.29) is 17.1 Å². The third-order valence-corrected chi connectivity index (χ3v) is 6.52. The zero-order valence-electron chi connectivity index (χ0n) is 18.8. The Morgan fingerprint density at radius 1 is 1.12 bits per heavy atom. The zero-order valence-corrected chi connectivity index (χ0v) is 19.6. The summed E-state index contributed by atoms with van der Waals surface area (Å²) in [7, 11) is 0. The van der Waals surface area contributed by atoms with Gasteiger partial charge < -0.3 is 4.90 Å². The van der Waals surface area contributed by atoms with Gasteiger partial charge in [0.1, 0.15) is 0 Å². The highest BCUT2D eigenvalue weighted by Crippen LogP contribution is 2.36. The predicted octanol–water partition coefficient (Wildman–Crippen LogP) is 6.49. The maximum absolute atomic E-state index is 13.5. The van der Waals surface area contributed by atoms with E-state index in [0.717, 1.165) is 27.8 Å². The lowest BCUT2D eigenvalue weighted by molar-refractivity contribution is -0.117. The summed E-state index contributed by atoms with van der Waals surface area (Å²) in [6, 6.07) is 12.4. The summed E-state index contributed by atoms with van der Waals surface area (Å²) >= 11 is 1.66. The van der Waals surface area contributed by atoms with Crippen molar-refractivity contribution in [1.82, 2.24) is 0 Å². The van der Waals surface area contributed by atoms with Crippen LogP contribution in [0.4, 0.5) is 5.69 Å². The first-order chi connectivity index (χ1) is 16.1. The second-order valence-electron chi connectivity index (χ2n) is 7.69. The van der Waals surface area contributed by atoms with Crippen molar-refractivity contribution >= 4 is 39.8 Å². The molecule has 0 atom stereocenters. The van der Waals surface area contributed by atoms with Crippen LogP contribution in [0.2, 0.25) is 0 Å². The smallest absolute Gasteiger partial charge is 0.206 e. The molecule has 164 valence electrons. The van der Waals surface area contributed by atoms with Crippen LogP contribution in [-0.4, -0.2) is 24.4 Å². The van der Waals surface area contributed by atoms with Gasteiger partial charge in [-0.3, -0.25) is 9.59 Å². The van der Waals surface area contributed by atoms with E-state index in [2.05, 4.69) is 35.7 Å². The molecule has 0 bridgehead atoms. The standard InChI is InChI=1S/C29H25NO2S/c1-3-30(26-19-18-21-12-10-11-17-24(21)29(26)33-2)20-25(27(31)22-13-6-4-7-14-22)28(32)23-15-8-5-9-16-23/h4-6,8,10-13,15,17-20H,3,7,14H2,1-2H3/b25-20-. The quantitative estimate of drug-likeness (QED) is 0.151. The van der Waals surface area contributed by atoms with Crippen LogP contribution < -0.4 is 4.90 Å². The van der Waals surface area contributed by atoms with Gasteiger partial charge in [0, 0.05) is 23.2 Å². The number of hydrogen-bond acceptors (Lipinski definition) is 4. The van der Waals surface area contributed by atoms with Gasteiger partial charge in [0.25, 0.3) is 0 Å². The Morgan fingerprint density at radius 3 is 2.67 bits per heavy atom. The number of benzene rings is 2. The molecule has 3 nitrogen and oxygen atoms in total. The van der Waals surface area contributed by atoms with Gasteiger partial charge in [0.15, 0.2) is 5.78 Å². The largest absolute Gasteiger partial charge is 0.346 e. The Kier molecular flexibility index (Phi) is 7.12. The minimum absolute atomic E-state index is 0.148. The summed E-state index contributed by atoms with van der Waals surface area (Å²) in [6.45, 7) is 2.63. The van der Waals surface area contributed by atoms with Crippen molar-refractivity contribution in [3.63, 3.8) is 0 Å². The molecule has 4 heteroatoms. The molecule has 0 saturated heterocycles. The Hall–Kier alpha value is -3.55. The van der Waals surface area contributed by atoms with Crippen LogP contribution in [-0.2, 0) is 9.59 Å². The number of carbonyl (C=O) groups is 2. The number of thioether (sulfide) groups is 1. The van der Waals surface area contributed by atoms with E-state index in [0.29, 0.717) is 24.1 Å². The molecule has 0 spiro atoms. The lowest BCUT2D eigenvalue weighted by Gasteiger charge is -2.24. The van der Waals surface area contributed by atoms with Gasteiger partial charge in [-0.15, -0.1) is 11.8 Å². The number of hydrogen-bond donors (Lipinski definition) is 0. The topological polar surface area (TPSA) is 37.4 Å². The zero-order chi connectivity index (χ0) is 23.2. The Labute approximate surface area is 198 Å². The van der Waals surface area contributed by atoms with E-state index in [4.69, 9.17) is 0 Å². The molecule has 0 radical (unpaired) electrons. The molecule has 33 heavy (non-hydrogen) atoms. The van der Waals surface area contributed by atoms with Crippen molar-refractivity contribution in [1.29, 1.82) is 0 Å². The number of Topliss-reactive ketones (excluding diaryl/α,β-unsaturated/α-hetero) is 2. The average molecular weight is 452 g/mol. The van der Waals surface area contributed by atoms with Gasteiger partial charge >= 0.3 is 0 Å². The number of fused-ring (bicyclic) bond motifs is 1. The van der Waals surface area contributed by atoms with Gasteiger partial charge in [0.05, 0.1) is 16.8 Å². The van der Waals surface area contributed by atoms with Crippen molar-refractivity contribution in [3.05, 3.63) is 107 Å². The number of allylic oxidation sites excluding steroid dienone is 9. The van der Waals surface area contributed by atoms with E-state index in [1.54, 1.807) is 36.2 Å². The van der Waals surface area contributed by atoms with Gasteiger partial charge in [-0.25, -0.2) is 0 Å². The van der Waals surface area contributed by atoms with E-state index < -0.39 is 0 Å². The molecule has 2 aliphatic carbocycles. The Balaban J connectivity index is 1.85. The van der Waals surface area contributed by atoms with Crippen molar-refractivity contribution in [2.24, 2.45) is 0 Å². The molecule has 0 amide bonds. The van der Waals surface area contributed by atoms with Crippen molar-refractivity contribution in [2.75, 3.05) is 17.7 Å². The second-order valence-corrected chi connectivity index (χ2v) is 8.51. The number of rotatable bonds is 8. The number of carbonyl (C=O) groups excluding carboxylic acids is 2. The van der Waals surface area contributed by atoms with Gasteiger partial charge in [-0.1, -0.05) is 66.1 Å². The third-order valence-electron chi connectivity index (χ3n) is 5.69. The molecule has 2 aliphatic rings. The monoisotopic (exact) mass is 451 g/mol. The molecule has 0 aromatic heterocycles. The van der Waals surface area contributed by atoms with Crippen molar-refractivity contribution < 1.29 is 9.59 Å². The maximum Gasteiger partial charge on any atom is 0.206 e. The highest BCUT2D eigenvalue weighted by atomic mass is 32.2. The van der Waals surface area contributed by atoms with Crippen LogP contribution in [0.15, 0.2) is 112 Å².